The maximum absolute atomic E-state index is 4.61. The molecule has 2 aliphatic heterocycles. The van der Waals surface area contributed by atoms with E-state index in [2.05, 4.69) is 44.0 Å². The monoisotopic (exact) mass is 308 g/mol. The summed E-state index contributed by atoms with van der Waals surface area (Å²) in [6, 6.07) is 8.79. The van der Waals surface area contributed by atoms with Gasteiger partial charge in [-0.15, -0.1) is 0 Å². The Morgan fingerprint density at radius 3 is 2.13 bits per heavy atom. The van der Waals surface area contributed by atoms with Crippen molar-refractivity contribution in [3.8, 4) is 11.3 Å². The second-order valence-electron chi connectivity index (χ2n) is 6.63. The van der Waals surface area contributed by atoms with Crippen molar-refractivity contribution in [2.24, 2.45) is 0 Å². The summed E-state index contributed by atoms with van der Waals surface area (Å²) >= 11 is 0. The molecule has 2 aromatic rings. The van der Waals surface area contributed by atoms with Gasteiger partial charge in [-0.25, -0.2) is 4.98 Å². The van der Waals surface area contributed by atoms with Crippen molar-refractivity contribution >= 4 is 5.82 Å². The maximum Gasteiger partial charge on any atom is 0.147 e. The van der Waals surface area contributed by atoms with Crippen LogP contribution in [0.4, 0.5) is 5.82 Å². The van der Waals surface area contributed by atoms with Crippen LogP contribution >= 0.6 is 0 Å². The van der Waals surface area contributed by atoms with Crippen LogP contribution in [0.25, 0.3) is 11.3 Å². The van der Waals surface area contributed by atoms with Gasteiger partial charge < -0.3 is 4.90 Å². The van der Waals surface area contributed by atoms with E-state index in [9.17, 15) is 0 Å². The highest BCUT2D eigenvalue weighted by Gasteiger charge is 2.14. The van der Waals surface area contributed by atoms with Gasteiger partial charge in [0.15, 0.2) is 0 Å². The number of hydrogen-bond acceptors (Lipinski definition) is 4. The van der Waals surface area contributed by atoms with Crippen LogP contribution in [-0.4, -0.2) is 41.0 Å². The van der Waals surface area contributed by atoms with Crippen LogP contribution in [-0.2, 0) is 6.54 Å². The van der Waals surface area contributed by atoms with E-state index < -0.39 is 0 Å². The molecule has 0 aliphatic carbocycles. The Morgan fingerprint density at radius 2 is 1.48 bits per heavy atom. The van der Waals surface area contributed by atoms with Gasteiger partial charge in [-0.1, -0.05) is 24.3 Å². The van der Waals surface area contributed by atoms with E-state index in [-0.39, 0.29) is 0 Å². The third-order valence-electron chi connectivity index (χ3n) is 4.92. The lowest BCUT2D eigenvalue weighted by Gasteiger charge is -2.16. The van der Waals surface area contributed by atoms with Gasteiger partial charge in [0.1, 0.15) is 5.82 Å². The summed E-state index contributed by atoms with van der Waals surface area (Å²) in [5.41, 5.74) is 3.49. The lowest BCUT2D eigenvalue weighted by atomic mass is 10.1. The fourth-order valence-electron chi connectivity index (χ4n) is 3.56. The number of anilines is 1. The first kappa shape index (κ1) is 14.6. The Morgan fingerprint density at radius 1 is 0.783 bits per heavy atom. The molecule has 0 unspecified atom stereocenters. The first-order valence-corrected chi connectivity index (χ1v) is 8.77. The quantitative estimate of drug-likeness (QED) is 0.867. The van der Waals surface area contributed by atoms with Crippen LogP contribution in [0.2, 0.25) is 0 Å². The number of aromatic nitrogens is 2. The lowest BCUT2D eigenvalue weighted by molar-refractivity contribution is 0.331. The molecule has 0 amide bonds. The molecular weight excluding hydrogens is 284 g/mol. The fourth-order valence-corrected chi connectivity index (χ4v) is 3.56. The maximum atomic E-state index is 4.61. The molecule has 0 saturated carbocycles. The summed E-state index contributed by atoms with van der Waals surface area (Å²) in [6.07, 6.45) is 9.04. The predicted molar refractivity (Wildman–Crippen MR) is 93.4 cm³/mol. The predicted octanol–water partition coefficient (Wildman–Crippen LogP) is 3.34. The normalized spacial score (nSPS) is 18.7. The van der Waals surface area contributed by atoms with E-state index in [0.29, 0.717) is 0 Å². The third-order valence-corrected chi connectivity index (χ3v) is 4.92. The number of benzene rings is 1. The second kappa shape index (κ2) is 6.67. The molecule has 4 heteroatoms. The van der Waals surface area contributed by atoms with Gasteiger partial charge in [0.05, 0.1) is 18.1 Å². The van der Waals surface area contributed by atoms with Crippen LogP contribution in [0.1, 0.15) is 31.2 Å². The van der Waals surface area contributed by atoms with Gasteiger partial charge >= 0.3 is 0 Å². The van der Waals surface area contributed by atoms with Crippen molar-refractivity contribution in [2.75, 3.05) is 31.1 Å². The van der Waals surface area contributed by atoms with Crippen molar-refractivity contribution < 1.29 is 0 Å². The Hall–Kier alpha value is -1.94. The Kier molecular flexibility index (Phi) is 4.24. The zero-order chi connectivity index (χ0) is 15.5. The van der Waals surface area contributed by atoms with E-state index >= 15 is 0 Å². The zero-order valence-electron chi connectivity index (χ0n) is 13.6. The summed E-state index contributed by atoms with van der Waals surface area (Å²) < 4.78 is 0. The summed E-state index contributed by atoms with van der Waals surface area (Å²) in [4.78, 5) is 14.1. The first-order valence-electron chi connectivity index (χ1n) is 8.77. The summed E-state index contributed by atoms with van der Waals surface area (Å²) in [7, 11) is 0. The molecule has 0 bridgehead atoms. The van der Waals surface area contributed by atoms with E-state index in [0.717, 1.165) is 36.7 Å². The van der Waals surface area contributed by atoms with Crippen LogP contribution in [0.15, 0.2) is 36.7 Å². The Balaban J connectivity index is 1.44. The molecule has 2 fully saturated rings. The number of nitrogens with zero attached hydrogens (tertiary/aromatic N) is 4. The SMILES string of the molecule is c1cc(-c2cnc(N3CCCC3)cn2)ccc1CN1CCCC1. The van der Waals surface area contributed by atoms with Crippen LogP contribution in [0, 0.1) is 0 Å². The van der Waals surface area contributed by atoms with E-state index in [1.54, 1.807) is 0 Å². The molecule has 2 aliphatic rings. The minimum atomic E-state index is 0.959. The van der Waals surface area contributed by atoms with Gasteiger partial charge in [0.2, 0.25) is 0 Å². The molecule has 1 aromatic carbocycles. The van der Waals surface area contributed by atoms with E-state index in [4.69, 9.17) is 0 Å². The molecule has 0 N–H and O–H groups in total. The molecular formula is C19H24N4. The Labute approximate surface area is 138 Å². The van der Waals surface area contributed by atoms with Crippen LogP contribution in [0.3, 0.4) is 0 Å². The number of hydrogen-bond donors (Lipinski definition) is 0. The highest BCUT2D eigenvalue weighted by Crippen LogP contribution is 2.21. The molecule has 3 heterocycles. The van der Waals surface area contributed by atoms with Crippen molar-refractivity contribution in [2.45, 2.75) is 32.2 Å². The molecule has 0 atom stereocenters. The topological polar surface area (TPSA) is 32.3 Å². The van der Waals surface area contributed by atoms with Gasteiger partial charge in [0.25, 0.3) is 0 Å². The smallest absolute Gasteiger partial charge is 0.147 e. The van der Waals surface area contributed by atoms with Crippen molar-refractivity contribution in [3.05, 3.63) is 42.2 Å². The van der Waals surface area contributed by atoms with Gasteiger partial charge in [-0.05, 0) is 44.3 Å². The summed E-state index contributed by atoms with van der Waals surface area (Å²) in [6.45, 7) is 5.77. The van der Waals surface area contributed by atoms with E-state index in [1.165, 1.54) is 44.3 Å². The second-order valence-corrected chi connectivity index (χ2v) is 6.63. The third kappa shape index (κ3) is 3.37. The molecule has 4 rings (SSSR count). The molecule has 1 aromatic heterocycles. The lowest BCUT2D eigenvalue weighted by Crippen LogP contribution is -2.19. The standard InChI is InChI=1S/C19H24N4/c1-2-10-22(9-1)15-16-5-7-17(8-6-16)18-13-21-19(14-20-18)23-11-3-4-12-23/h5-8,13-14H,1-4,9-12,15H2. The fraction of sp³-hybridized carbons (Fsp3) is 0.474. The highest BCUT2D eigenvalue weighted by atomic mass is 15.2. The van der Waals surface area contributed by atoms with E-state index in [1.807, 2.05) is 12.4 Å². The molecule has 0 radical (unpaired) electrons. The average Bonchev–Trinajstić information content (AvgIpc) is 3.30. The number of rotatable bonds is 4. The molecule has 0 spiro atoms. The first-order chi connectivity index (χ1) is 11.4. The van der Waals surface area contributed by atoms with Crippen molar-refractivity contribution in [3.63, 3.8) is 0 Å². The van der Waals surface area contributed by atoms with Crippen molar-refractivity contribution in [1.29, 1.82) is 0 Å². The largest absolute Gasteiger partial charge is 0.355 e. The molecule has 120 valence electrons. The van der Waals surface area contributed by atoms with Gasteiger partial charge in [-0.2, -0.15) is 0 Å². The zero-order valence-corrected chi connectivity index (χ0v) is 13.6. The molecule has 23 heavy (non-hydrogen) atoms. The summed E-state index contributed by atoms with van der Waals surface area (Å²) in [5, 5.41) is 0. The number of likely N-dealkylation sites (tertiary alicyclic amines) is 1. The minimum Gasteiger partial charge on any atom is -0.355 e. The van der Waals surface area contributed by atoms with Gasteiger partial charge in [-0.3, -0.25) is 9.88 Å². The average molecular weight is 308 g/mol. The molecule has 2 saturated heterocycles. The Bertz CT molecular complexity index is 623. The minimum absolute atomic E-state index is 0.959. The van der Waals surface area contributed by atoms with Crippen molar-refractivity contribution in [1.82, 2.24) is 14.9 Å². The van der Waals surface area contributed by atoms with Gasteiger partial charge in [0, 0.05) is 25.2 Å². The summed E-state index contributed by atoms with van der Waals surface area (Å²) in [5.74, 6) is 1.01. The highest BCUT2D eigenvalue weighted by molar-refractivity contribution is 5.59. The van der Waals surface area contributed by atoms with Crippen LogP contribution < -0.4 is 4.90 Å². The molecule has 4 nitrogen and oxygen atoms in total. The van der Waals surface area contributed by atoms with Crippen LogP contribution in [0.5, 0.6) is 0 Å².